The minimum atomic E-state index is 0.217. The average Bonchev–Trinajstić information content (AvgIpc) is 2.82. The number of benzene rings is 1. The van der Waals surface area contributed by atoms with Crippen molar-refractivity contribution in [2.75, 3.05) is 5.73 Å². The summed E-state index contributed by atoms with van der Waals surface area (Å²) in [7, 11) is 0. The first kappa shape index (κ1) is 11.4. The van der Waals surface area contributed by atoms with Crippen LogP contribution in [0, 0.1) is 6.92 Å². The first-order valence-electron chi connectivity index (χ1n) is 5.86. The van der Waals surface area contributed by atoms with Crippen LogP contribution in [0.25, 0.3) is 22.9 Å². The standard InChI is InChI=1S/C14H12N4O/c1-9-12(11-7-8-16-14(15)18-11)19-13(17-9)10-5-3-2-4-6-10/h2-8H,1H3,(H2,15,16,18). The van der Waals surface area contributed by atoms with Gasteiger partial charge in [-0.2, -0.15) is 0 Å². The molecule has 0 radical (unpaired) electrons. The van der Waals surface area contributed by atoms with Crippen LogP contribution >= 0.6 is 0 Å². The van der Waals surface area contributed by atoms with Gasteiger partial charge in [0.1, 0.15) is 5.69 Å². The van der Waals surface area contributed by atoms with Crippen molar-refractivity contribution in [2.24, 2.45) is 0 Å². The Bertz CT molecular complexity index is 706. The molecule has 1 aromatic carbocycles. The van der Waals surface area contributed by atoms with E-state index in [1.807, 2.05) is 37.3 Å². The number of nitrogens with two attached hydrogens (primary N) is 1. The highest BCUT2D eigenvalue weighted by Gasteiger charge is 2.14. The molecule has 5 heteroatoms. The van der Waals surface area contributed by atoms with E-state index in [1.54, 1.807) is 12.3 Å². The molecule has 5 nitrogen and oxygen atoms in total. The topological polar surface area (TPSA) is 77.8 Å². The molecule has 0 atom stereocenters. The molecule has 0 aliphatic rings. The van der Waals surface area contributed by atoms with Crippen LogP contribution in [0.1, 0.15) is 5.69 Å². The zero-order valence-corrected chi connectivity index (χ0v) is 10.4. The molecule has 0 spiro atoms. The molecular formula is C14H12N4O. The summed E-state index contributed by atoms with van der Waals surface area (Å²) in [4.78, 5) is 12.4. The molecule has 2 aromatic heterocycles. The van der Waals surface area contributed by atoms with E-state index in [-0.39, 0.29) is 5.95 Å². The van der Waals surface area contributed by atoms with Crippen molar-refractivity contribution in [1.29, 1.82) is 0 Å². The fraction of sp³-hybridized carbons (Fsp3) is 0.0714. The quantitative estimate of drug-likeness (QED) is 0.758. The van der Waals surface area contributed by atoms with Crippen molar-refractivity contribution >= 4 is 5.95 Å². The molecule has 2 heterocycles. The maximum atomic E-state index is 5.78. The molecule has 0 aliphatic carbocycles. The number of nitrogen functional groups attached to an aromatic ring is 1. The number of nitrogens with zero attached hydrogens (tertiary/aromatic N) is 3. The van der Waals surface area contributed by atoms with Gasteiger partial charge in [-0.05, 0) is 25.1 Å². The summed E-state index contributed by atoms with van der Waals surface area (Å²) in [6.07, 6.45) is 1.60. The Hall–Kier alpha value is -2.69. The van der Waals surface area contributed by atoms with Gasteiger partial charge in [-0.15, -0.1) is 0 Å². The second-order valence-corrected chi connectivity index (χ2v) is 4.10. The van der Waals surface area contributed by atoms with Gasteiger partial charge in [0.05, 0.1) is 5.69 Å². The van der Waals surface area contributed by atoms with Gasteiger partial charge in [-0.25, -0.2) is 15.0 Å². The fourth-order valence-corrected chi connectivity index (χ4v) is 1.84. The van der Waals surface area contributed by atoms with Gasteiger partial charge in [0.25, 0.3) is 0 Å². The number of hydrogen-bond donors (Lipinski definition) is 1. The number of oxazole rings is 1. The Morgan fingerprint density at radius 3 is 2.58 bits per heavy atom. The molecule has 0 aliphatic heterocycles. The maximum absolute atomic E-state index is 5.78. The van der Waals surface area contributed by atoms with Crippen LogP contribution in [-0.4, -0.2) is 15.0 Å². The Balaban J connectivity index is 2.08. The van der Waals surface area contributed by atoms with Crippen molar-refractivity contribution < 1.29 is 4.42 Å². The summed E-state index contributed by atoms with van der Waals surface area (Å²) < 4.78 is 5.78. The molecule has 2 N–H and O–H groups in total. The van der Waals surface area contributed by atoms with Gasteiger partial charge >= 0.3 is 0 Å². The predicted octanol–water partition coefficient (Wildman–Crippen LogP) is 2.69. The number of hydrogen-bond acceptors (Lipinski definition) is 5. The largest absolute Gasteiger partial charge is 0.434 e. The van der Waals surface area contributed by atoms with Crippen molar-refractivity contribution in [2.45, 2.75) is 6.92 Å². The number of aryl methyl sites for hydroxylation is 1. The Kier molecular flexibility index (Phi) is 2.72. The van der Waals surface area contributed by atoms with Crippen LogP contribution in [0.4, 0.5) is 5.95 Å². The molecule has 0 saturated heterocycles. The van der Waals surface area contributed by atoms with E-state index < -0.39 is 0 Å². The number of rotatable bonds is 2. The van der Waals surface area contributed by atoms with Gasteiger partial charge in [0, 0.05) is 11.8 Å². The normalized spacial score (nSPS) is 10.6. The summed E-state index contributed by atoms with van der Waals surface area (Å²) in [5.41, 5.74) is 7.92. The number of anilines is 1. The second kappa shape index (κ2) is 4.53. The molecule has 0 amide bonds. The molecular weight excluding hydrogens is 240 g/mol. The van der Waals surface area contributed by atoms with Crippen molar-refractivity contribution in [1.82, 2.24) is 15.0 Å². The molecule has 3 rings (SSSR count). The van der Waals surface area contributed by atoms with E-state index in [4.69, 9.17) is 10.2 Å². The highest BCUT2D eigenvalue weighted by atomic mass is 16.4. The summed E-state index contributed by atoms with van der Waals surface area (Å²) in [5, 5.41) is 0. The average molecular weight is 252 g/mol. The number of aromatic nitrogens is 3. The van der Waals surface area contributed by atoms with Crippen LogP contribution in [0.15, 0.2) is 47.0 Å². The van der Waals surface area contributed by atoms with E-state index in [0.29, 0.717) is 17.3 Å². The van der Waals surface area contributed by atoms with Crippen LogP contribution in [0.3, 0.4) is 0 Å². The van der Waals surface area contributed by atoms with Crippen molar-refractivity contribution in [3.8, 4) is 22.9 Å². The third kappa shape index (κ3) is 2.18. The van der Waals surface area contributed by atoms with Gasteiger partial charge in [-0.3, -0.25) is 0 Å². The van der Waals surface area contributed by atoms with Crippen molar-refractivity contribution in [3.05, 3.63) is 48.3 Å². The van der Waals surface area contributed by atoms with Crippen LogP contribution in [0.5, 0.6) is 0 Å². The highest BCUT2D eigenvalue weighted by molar-refractivity contribution is 5.61. The third-order valence-electron chi connectivity index (χ3n) is 2.72. The summed E-state index contributed by atoms with van der Waals surface area (Å²) in [6.45, 7) is 1.88. The first-order chi connectivity index (χ1) is 9.24. The molecule has 0 fully saturated rings. The van der Waals surface area contributed by atoms with Gasteiger partial charge < -0.3 is 10.2 Å². The fourth-order valence-electron chi connectivity index (χ4n) is 1.84. The van der Waals surface area contributed by atoms with E-state index in [0.717, 1.165) is 11.3 Å². The lowest BCUT2D eigenvalue weighted by Crippen LogP contribution is -1.95. The van der Waals surface area contributed by atoms with E-state index in [2.05, 4.69) is 15.0 Å². The molecule has 19 heavy (non-hydrogen) atoms. The SMILES string of the molecule is Cc1nc(-c2ccccc2)oc1-c1ccnc(N)n1. The van der Waals surface area contributed by atoms with E-state index in [9.17, 15) is 0 Å². The van der Waals surface area contributed by atoms with Gasteiger partial charge in [0.15, 0.2) is 5.76 Å². The Morgan fingerprint density at radius 2 is 1.84 bits per heavy atom. The Morgan fingerprint density at radius 1 is 1.05 bits per heavy atom. The molecule has 94 valence electrons. The minimum Gasteiger partial charge on any atom is -0.434 e. The predicted molar refractivity (Wildman–Crippen MR) is 72.1 cm³/mol. The van der Waals surface area contributed by atoms with Gasteiger partial charge in [-0.1, -0.05) is 18.2 Å². The first-order valence-corrected chi connectivity index (χ1v) is 5.86. The van der Waals surface area contributed by atoms with Gasteiger partial charge in [0.2, 0.25) is 11.8 Å². The van der Waals surface area contributed by atoms with E-state index in [1.165, 1.54) is 0 Å². The smallest absolute Gasteiger partial charge is 0.227 e. The monoisotopic (exact) mass is 252 g/mol. The minimum absolute atomic E-state index is 0.217. The summed E-state index contributed by atoms with van der Waals surface area (Å²) in [5.74, 6) is 1.41. The lowest BCUT2D eigenvalue weighted by Gasteiger charge is -1.97. The zero-order valence-electron chi connectivity index (χ0n) is 10.4. The highest BCUT2D eigenvalue weighted by Crippen LogP contribution is 2.28. The molecule has 0 bridgehead atoms. The van der Waals surface area contributed by atoms with Crippen molar-refractivity contribution in [3.63, 3.8) is 0 Å². The zero-order chi connectivity index (χ0) is 13.2. The Labute approximate surface area is 110 Å². The van der Waals surface area contributed by atoms with E-state index >= 15 is 0 Å². The maximum Gasteiger partial charge on any atom is 0.227 e. The molecule has 0 saturated carbocycles. The summed E-state index contributed by atoms with van der Waals surface area (Å²) >= 11 is 0. The lowest BCUT2D eigenvalue weighted by atomic mass is 10.2. The van der Waals surface area contributed by atoms with Crippen LogP contribution in [0.2, 0.25) is 0 Å². The lowest BCUT2D eigenvalue weighted by molar-refractivity contribution is 0.585. The third-order valence-corrected chi connectivity index (χ3v) is 2.72. The molecule has 0 unspecified atom stereocenters. The summed E-state index contributed by atoms with van der Waals surface area (Å²) in [6, 6.07) is 11.5. The van der Waals surface area contributed by atoms with Crippen LogP contribution in [-0.2, 0) is 0 Å². The van der Waals surface area contributed by atoms with Crippen LogP contribution < -0.4 is 5.73 Å². The second-order valence-electron chi connectivity index (χ2n) is 4.10. The molecule has 3 aromatic rings.